The van der Waals surface area contributed by atoms with Gasteiger partial charge in [0.05, 0.1) is 0 Å². The van der Waals surface area contributed by atoms with Crippen molar-refractivity contribution in [1.82, 2.24) is 10.6 Å². The van der Waals surface area contributed by atoms with E-state index in [-0.39, 0.29) is 11.8 Å². The standard InChI is InChI=1S/C18H26N2O2/c1-14(21)19-13-15-9-11-16(12-10-15)18(22)20-17-7-5-3-2-4-6-8-17/h9-12,17H,2-8,13H2,1H3,(H,19,21)(H,20,22). The summed E-state index contributed by atoms with van der Waals surface area (Å²) in [5.41, 5.74) is 1.69. The first-order valence-corrected chi connectivity index (χ1v) is 8.29. The minimum absolute atomic E-state index is 0.0108. The van der Waals surface area contributed by atoms with Crippen molar-refractivity contribution < 1.29 is 9.59 Å². The minimum atomic E-state index is -0.0499. The highest BCUT2D eigenvalue weighted by Gasteiger charge is 2.15. The molecular weight excluding hydrogens is 276 g/mol. The second-order valence-corrected chi connectivity index (χ2v) is 6.12. The van der Waals surface area contributed by atoms with E-state index in [1.165, 1.54) is 39.0 Å². The number of rotatable bonds is 4. The van der Waals surface area contributed by atoms with Gasteiger partial charge in [-0.15, -0.1) is 0 Å². The third kappa shape index (κ3) is 5.51. The van der Waals surface area contributed by atoms with E-state index in [2.05, 4.69) is 10.6 Å². The molecule has 22 heavy (non-hydrogen) atoms. The zero-order valence-corrected chi connectivity index (χ0v) is 13.4. The first-order chi connectivity index (χ1) is 10.6. The van der Waals surface area contributed by atoms with E-state index in [4.69, 9.17) is 0 Å². The molecule has 0 unspecified atom stereocenters. The molecule has 1 aliphatic rings. The van der Waals surface area contributed by atoms with Crippen LogP contribution >= 0.6 is 0 Å². The van der Waals surface area contributed by atoms with Crippen LogP contribution in [0.1, 0.15) is 67.8 Å². The lowest BCUT2D eigenvalue weighted by atomic mass is 9.96. The van der Waals surface area contributed by atoms with E-state index in [1.807, 2.05) is 24.3 Å². The molecule has 1 fully saturated rings. The van der Waals surface area contributed by atoms with E-state index in [1.54, 1.807) is 0 Å². The number of hydrogen-bond donors (Lipinski definition) is 2. The van der Waals surface area contributed by atoms with E-state index < -0.39 is 0 Å². The Hall–Kier alpha value is -1.84. The van der Waals surface area contributed by atoms with Gasteiger partial charge >= 0.3 is 0 Å². The maximum atomic E-state index is 12.3. The molecule has 1 saturated carbocycles. The van der Waals surface area contributed by atoms with E-state index in [0.717, 1.165) is 18.4 Å². The van der Waals surface area contributed by atoms with Crippen molar-refractivity contribution in [2.24, 2.45) is 0 Å². The Morgan fingerprint density at radius 3 is 2.18 bits per heavy atom. The summed E-state index contributed by atoms with van der Waals surface area (Å²) in [6.07, 6.45) is 8.49. The molecule has 2 N–H and O–H groups in total. The lowest BCUT2D eigenvalue weighted by Crippen LogP contribution is -2.35. The Labute approximate surface area is 132 Å². The fraction of sp³-hybridized carbons (Fsp3) is 0.556. The van der Waals surface area contributed by atoms with Crippen LogP contribution in [0.4, 0.5) is 0 Å². The maximum Gasteiger partial charge on any atom is 0.251 e. The van der Waals surface area contributed by atoms with Crippen LogP contribution < -0.4 is 10.6 Å². The number of amides is 2. The highest BCUT2D eigenvalue weighted by molar-refractivity contribution is 5.94. The average molecular weight is 302 g/mol. The van der Waals surface area contributed by atoms with Gasteiger partial charge in [-0.3, -0.25) is 9.59 Å². The van der Waals surface area contributed by atoms with Crippen molar-refractivity contribution >= 4 is 11.8 Å². The van der Waals surface area contributed by atoms with Gasteiger partial charge in [0.2, 0.25) is 5.91 Å². The molecule has 0 radical (unpaired) electrons. The lowest BCUT2D eigenvalue weighted by Gasteiger charge is -2.21. The van der Waals surface area contributed by atoms with Gasteiger partial charge in [0.25, 0.3) is 5.91 Å². The topological polar surface area (TPSA) is 58.2 Å². The second-order valence-electron chi connectivity index (χ2n) is 6.12. The van der Waals surface area contributed by atoms with Gasteiger partial charge in [0.1, 0.15) is 0 Å². The minimum Gasteiger partial charge on any atom is -0.352 e. The first-order valence-electron chi connectivity index (χ1n) is 8.29. The second kappa shape index (κ2) is 8.57. The molecule has 4 nitrogen and oxygen atoms in total. The highest BCUT2D eigenvalue weighted by Crippen LogP contribution is 2.17. The molecule has 0 spiro atoms. The van der Waals surface area contributed by atoms with Gasteiger partial charge < -0.3 is 10.6 Å². The first kappa shape index (κ1) is 16.5. The molecule has 0 heterocycles. The van der Waals surface area contributed by atoms with E-state index >= 15 is 0 Å². The molecule has 2 amide bonds. The molecule has 0 aromatic heterocycles. The van der Waals surface area contributed by atoms with Gasteiger partial charge in [-0.05, 0) is 30.5 Å². The molecule has 4 heteroatoms. The zero-order valence-electron chi connectivity index (χ0n) is 13.4. The van der Waals surface area contributed by atoms with Gasteiger partial charge in [0.15, 0.2) is 0 Å². The van der Waals surface area contributed by atoms with Crippen molar-refractivity contribution in [3.05, 3.63) is 35.4 Å². The fourth-order valence-corrected chi connectivity index (χ4v) is 2.87. The molecule has 1 aliphatic carbocycles. The van der Waals surface area contributed by atoms with Gasteiger partial charge in [-0.25, -0.2) is 0 Å². The number of nitrogens with one attached hydrogen (secondary N) is 2. The Kier molecular flexibility index (Phi) is 6.44. The van der Waals surface area contributed by atoms with Gasteiger partial charge in [0, 0.05) is 25.1 Å². The van der Waals surface area contributed by atoms with Crippen LogP contribution in [-0.2, 0) is 11.3 Å². The molecule has 0 saturated heterocycles. The SMILES string of the molecule is CC(=O)NCc1ccc(C(=O)NC2CCCCCCC2)cc1. The summed E-state index contributed by atoms with van der Waals surface area (Å²) in [6.45, 7) is 2.00. The van der Waals surface area contributed by atoms with E-state index in [0.29, 0.717) is 18.2 Å². The summed E-state index contributed by atoms with van der Waals surface area (Å²) in [5.74, 6) is -0.0391. The van der Waals surface area contributed by atoms with Crippen LogP contribution in [0, 0.1) is 0 Å². The van der Waals surface area contributed by atoms with Crippen molar-refractivity contribution in [1.29, 1.82) is 0 Å². The highest BCUT2D eigenvalue weighted by atomic mass is 16.2. The third-order valence-electron chi connectivity index (χ3n) is 4.20. The molecule has 1 aromatic carbocycles. The summed E-state index contributed by atoms with van der Waals surface area (Å²) >= 11 is 0. The van der Waals surface area contributed by atoms with Crippen LogP contribution in [-0.4, -0.2) is 17.9 Å². The quantitative estimate of drug-likeness (QED) is 0.897. The summed E-state index contributed by atoms with van der Waals surface area (Å²) < 4.78 is 0. The molecule has 2 rings (SSSR count). The van der Waals surface area contributed by atoms with Gasteiger partial charge in [-0.1, -0.05) is 44.2 Å². The summed E-state index contributed by atoms with van der Waals surface area (Å²) in [6, 6.07) is 7.75. The molecule has 120 valence electrons. The maximum absolute atomic E-state index is 12.3. The van der Waals surface area contributed by atoms with Crippen molar-refractivity contribution in [2.75, 3.05) is 0 Å². The van der Waals surface area contributed by atoms with Crippen LogP contribution in [0.25, 0.3) is 0 Å². The summed E-state index contributed by atoms with van der Waals surface area (Å²) in [5, 5.41) is 5.91. The smallest absolute Gasteiger partial charge is 0.251 e. The zero-order chi connectivity index (χ0) is 15.8. The fourth-order valence-electron chi connectivity index (χ4n) is 2.87. The Morgan fingerprint density at radius 1 is 1.00 bits per heavy atom. The number of carbonyl (C=O) groups excluding carboxylic acids is 2. The largest absolute Gasteiger partial charge is 0.352 e. The van der Waals surface area contributed by atoms with E-state index in [9.17, 15) is 9.59 Å². The van der Waals surface area contributed by atoms with Crippen LogP contribution in [0.15, 0.2) is 24.3 Å². The Balaban J connectivity index is 1.87. The monoisotopic (exact) mass is 302 g/mol. The predicted octanol–water partition coefficient (Wildman–Crippen LogP) is 3.17. The summed E-state index contributed by atoms with van der Waals surface area (Å²) in [7, 11) is 0. The van der Waals surface area contributed by atoms with Crippen LogP contribution in [0.2, 0.25) is 0 Å². The number of carbonyl (C=O) groups is 2. The number of benzene rings is 1. The third-order valence-corrected chi connectivity index (χ3v) is 4.20. The Morgan fingerprint density at radius 2 is 1.59 bits per heavy atom. The Bertz CT molecular complexity index is 488. The van der Waals surface area contributed by atoms with Gasteiger partial charge in [-0.2, -0.15) is 0 Å². The summed E-state index contributed by atoms with van der Waals surface area (Å²) in [4.78, 5) is 23.2. The van der Waals surface area contributed by atoms with Crippen molar-refractivity contribution in [2.45, 2.75) is 64.5 Å². The predicted molar refractivity (Wildman–Crippen MR) is 87.5 cm³/mol. The average Bonchev–Trinajstić information content (AvgIpc) is 2.48. The lowest BCUT2D eigenvalue weighted by molar-refractivity contribution is -0.119. The van der Waals surface area contributed by atoms with Crippen molar-refractivity contribution in [3.8, 4) is 0 Å². The molecule has 0 atom stereocenters. The molecule has 0 aliphatic heterocycles. The normalized spacial score (nSPS) is 16.4. The van der Waals surface area contributed by atoms with Crippen LogP contribution in [0.5, 0.6) is 0 Å². The molecule has 0 bridgehead atoms. The van der Waals surface area contributed by atoms with Crippen LogP contribution in [0.3, 0.4) is 0 Å². The molecule has 1 aromatic rings. The van der Waals surface area contributed by atoms with Crippen molar-refractivity contribution in [3.63, 3.8) is 0 Å². The number of hydrogen-bond acceptors (Lipinski definition) is 2. The molecular formula is C18H26N2O2.